The Morgan fingerprint density at radius 3 is 2.81 bits per heavy atom. The first-order valence-corrected chi connectivity index (χ1v) is 6.75. The molecule has 21 heavy (non-hydrogen) atoms. The number of aryl methyl sites for hydroxylation is 1. The molecule has 0 fully saturated rings. The van der Waals surface area contributed by atoms with Crippen LogP contribution in [0.15, 0.2) is 24.7 Å². The number of fused-ring (bicyclic) bond motifs is 1. The van der Waals surface area contributed by atoms with Crippen molar-refractivity contribution in [1.29, 1.82) is 0 Å². The van der Waals surface area contributed by atoms with Gasteiger partial charge in [0.2, 0.25) is 0 Å². The second kappa shape index (κ2) is 4.96. The zero-order chi connectivity index (χ0) is 15.1. The van der Waals surface area contributed by atoms with Crippen LogP contribution in [-0.4, -0.2) is 21.2 Å². The van der Waals surface area contributed by atoms with Crippen molar-refractivity contribution in [1.82, 2.24) is 9.55 Å². The molecule has 0 N–H and O–H groups in total. The lowest BCUT2D eigenvalue weighted by Gasteiger charge is -2.17. The second-order valence-corrected chi connectivity index (χ2v) is 5.05. The molecule has 0 spiro atoms. The summed E-state index contributed by atoms with van der Waals surface area (Å²) in [4.78, 5) is 29.2. The number of amides is 1. The highest BCUT2D eigenvalue weighted by molar-refractivity contribution is 6.55. The molecule has 1 aliphatic rings. The maximum Gasteiger partial charge on any atom is 0.299 e. The van der Waals surface area contributed by atoms with Crippen molar-refractivity contribution < 1.29 is 14.0 Å². The van der Waals surface area contributed by atoms with E-state index >= 15 is 0 Å². The van der Waals surface area contributed by atoms with Crippen molar-refractivity contribution >= 4 is 29.0 Å². The summed E-state index contributed by atoms with van der Waals surface area (Å²) in [6, 6.07) is 2.43. The van der Waals surface area contributed by atoms with Gasteiger partial charge in [-0.3, -0.25) is 14.5 Å². The van der Waals surface area contributed by atoms with E-state index in [-0.39, 0.29) is 22.8 Å². The van der Waals surface area contributed by atoms with Crippen molar-refractivity contribution in [3.8, 4) is 0 Å². The Morgan fingerprint density at radius 1 is 1.33 bits per heavy atom. The Balaban J connectivity index is 2.08. The smallest absolute Gasteiger partial charge is 0.299 e. The molecule has 0 bridgehead atoms. The van der Waals surface area contributed by atoms with E-state index in [1.807, 2.05) is 11.5 Å². The van der Waals surface area contributed by atoms with Gasteiger partial charge in [-0.05, 0) is 19.1 Å². The number of carbonyl (C=O) groups is 2. The largest absolute Gasteiger partial charge is 0.333 e. The maximum atomic E-state index is 14.1. The summed E-state index contributed by atoms with van der Waals surface area (Å²) in [5.74, 6) is -2.20. The van der Waals surface area contributed by atoms with E-state index < -0.39 is 17.5 Å². The number of rotatable bonds is 3. The molecule has 2 heterocycles. The minimum absolute atomic E-state index is 0.0543. The molecule has 0 saturated carbocycles. The molecule has 0 unspecified atom stereocenters. The van der Waals surface area contributed by atoms with Gasteiger partial charge in [0.05, 0.1) is 34.8 Å². The molecule has 1 aromatic carbocycles. The summed E-state index contributed by atoms with van der Waals surface area (Å²) in [6.07, 6.45) is 3.20. The van der Waals surface area contributed by atoms with Crippen molar-refractivity contribution in [2.75, 3.05) is 4.90 Å². The number of hydrogen-bond acceptors (Lipinski definition) is 3. The zero-order valence-electron chi connectivity index (χ0n) is 11.1. The number of ketones is 1. The molecule has 7 heteroatoms. The molecular formula is C14H11ClFN3O2. The van der Waals surface area contributed by atoms with Crippen molar-refractivity contribution in [3.63, 3.8) is 0 Å². The highest BCUT2D eigenvalue weighted by Crippen LogP contribution is 2.37. The van der Waals surface area contributed by atoms with Crippen LogP contribution < -0.4 is 4.90 Å². The van der Waals surface area contributed by atoms with Gasteiger partial charge < -0.3 is 4.57 Å². The number of imidazole rings is 1. The van der Waals surface area contributed by atoms with E-state index in [0.717, 1.165) is 11.0 Å². The van der Waals surface area contributed by atoms with Gasteiger partial charge in [-0.1, -0.05) is 11.6 Å². The van der Waals surface area contributed by atoms with Crippen LogP contribution >= 0.6 is 11.6 Å². The van der Waals surface area contributed by atoms with Gasteiger partial charge in [0.25, 0.3) is 11.7 Å². The highest BCUT2D eigenvalue weighted by atomic mass is 35.5. The van der Waals surface area contributed by atoms with Crippen molar-refractivity contribution in [2.45, 2.75) is 20.0 Å². The van der Waals surface area contributed by atoms with Crippen LogP contribution in [0.5, 0.6) is 0 Å². The van der Waals surface area contributed by atoms with E-state index in [0.29, 0.717) is 12.2 Å². The molecule has 0 radical (unpaired) electrons. The van der Waals surface area contributed by atoms with E-state index in [4.69, 9.17) is 11.6 Å². The van der Waals surface area contributed by atoms with Gasteiger partial charge in [-0.25, -0.2) is 9.37 Å². The first-order chi connectivity index (χ1) is 10.0. The molecule has 108 valence electrons. The Morgan fingerprint density at radius 2 is 2.10 bits per heavy atom. The summed E-state index contributed by atoms with van der Waals surface area (Å²) in [5.41, 5.74) is 0.594. The Labute approximate surface area is 124 Å². The zero-order valence-corrected chi connectivity index (χ0v) is 11.9. The van der Waals surface area contributed by atoms with Crippen molar-refractivity contribution in [3.05, 3.63) is 46.8 Å². The number of halogens is 2. The van der Waals surface area contributed by atoms with Gasteiger partial charge in [0, 0.05) is 12.7 Å². The number of aromatic nitrogens is 2. The number of benzene rings is 1. The third-order valence-corrected chi connectivity index (χ3v) is 3.79. The van der Waals surface area contributed by atoms with Gasteiger partial charge in [-0.2, -0.15) is 0 Å². The number of carbonyl (C=O) groups excluding carboxylic acids is 2. The molecule has 0 saturated heterocycles. The van der Waals surface area contributed by atoms with E-state index in [1.165, 1.54) is 6.07 Å². The van der Waals surface area contributed by atoms with Crippen LogP contribution in [0.2, 0.25) is 5.02 Å². The minimum atomic E-state index is -0.780. The quantitative estimate of drug-likeness (QED) is 0.818. The molecule has 5 nitrogen and oxygen atoms in total. The number of anilines is 1. The molecule has 1 aliphatic heterocycles. The number of hydrogen-bond donors (Lipinski definition) is 0. The van der Waals surface area contributed by atoms with Crippen LogP contribution in [0, 0.1) is 5.82 Å². The Bertz CT molecular complexity index is 757. The van der Waals surface area contributed by atoms with E-state index in [9.17, 15) is 14.0 Å². The van der Waals surface area contributed by atoms with Gasteiger partial charge in [0.1, 0.15) is 5.82 Å². The molecule has 0 aliphatic carbocycles. The average Bonchev–Trinajstić information content (AvgIpc) is 3.02. The Hall–Kier alpha value is -2.21. The standard InChI is InChI=1S/C14H11ClFN3O2/c1-2-18-7-17-5-8(18)6-19-12-10(16)4-3-9(15)11(12)13(20)14(19)21/h3-5,7H,2,6H2,1H3. The predicted octanol–water partition coefficient (Wildman–Crippen LogP) is 2.43. The summed E-state index contributed by atoms with van der Waals surface area (Å²) >= 11 is 5.92. The SMILES string of the molecule is CCn1cncc1CN1C(=O)C(=O)c2c(Cl)ccc(F)c21. The molecule has 1 aromatic heterocycles. The average molecular weight is 308 g/mol. The van der Waals surface area contributed by atoms with Gasteiger partial charge in [-0.15, -0.1) is 0 Å². The van der Waals surface area contributed by atoms with Crippen LogP contribution in [0.1, 0.15) is 23.0 Å². The fraction of sp³-hybridized carbons (Fsp3) is 0.214. The second-order valence-electron chi connectivity index (χ2n) is 4.64. The molecule has 2 aromatic rings. The number of Topliss-reactive ketones (excluding diaryl/α,β-unsaturated/α-hetero) is 1. The third-order valence-electron chi connectivity index (χ3n) is 3.47. The molecule has 1 amide bonds. The maximum absolute atomic E-state index is 14.1. The fourth-order valence-electron chi connectivity index (χ4n) is 2.43. The van der Waals surface area contributed by atoms with Gasteiger partial charge in [0.15, 0.2) is 0 Å². The first-order valence-electron chi connectivity index (χ1n) is 6.37. The Kier molecular flexibility index (Phi) is 3.25. The lowest BCUT2D eigenvalue weighted by Crippen LogP contribution is -2.30. The molecular weight excluding hydrogens is 297 g/mol. The van der Waals surface area contributed by atoms with Crippen LogP contribution in [-0.2, 0) is 17.9 Å². The molecule has 3 rings (SSSR count). The lowest BCUT2D eigenvalue weighted by molar-refractivity contribution is -0.114. The lowest BCUT2D eigenvalue weighted by atomic mass is 10.1. The monoisotopic (exact) mass is 307 g/mol. The highest BCUT2D eigenvalue weighted by Gasteiger charge is 2.40. The van der Waals surface area contributed by atoms with Crippen molar-refractivity contribution in [2.24, 2.45) is 0 Å². The summed E-state index contributed by atoms with van der Waals surface area (Å²) in [6.45, 7) is 2.66. The summed E-state index contributed by atoms with van der Waals surface area (Å²) in [7, 11) is 0. The third kappa shape index (κ3) is 2.03. The van der Waals surface area contributed by atoms with Crippen LogP contribution in [0.25, 0.3) is 0 Å². The topological polar surface area (TPSA) is 55.2 Å². The fourth-order valence-corrected chi connectivity index (χ4v) is 2.67. The minimum Gasteiger partial charge on any atom is -0.333 e. The van der Waals surface area contributed by atoms with E-state index in [2.05, 4.69) is 4.98 Å². The van der Waals surface area contributed by atoms with Crippen LogP contribution in [0.4, 0.5) is 10.1 Å². The predicted molar refractivity (Wildman–Crippen MR) is 74.8 cm³/mol. The van der Waals surface area contributed by atoms with Crippen LogP contribution in [0.3, 0.4) is 0 Å². The summed E-state index contributed by atoms with van der Waals surface area (Å²) in [5, 5.41) is 0.0799. The normalized spacial score (nSPS) is 14.0. The number of nitrogens with zero attached hydrogens (tertiary/aromatic N) is 3. The van der Waals surface area contributed by atoms with Gasteiger partial charge >= 0.3 is 0 Å². The molecule has 0 atom stereocenters. The summed E-state index contributed by atoms with van der Waals surface area (Å²) < 4.78 is 15.9. The van der Waals surface area contributed by atoms with E-state index in [1.54, 1.807) is 12.5 Å². The first kappa shape index (κ1) is 13.8.